The van der Waals surface area contributed by atoms with Crippen LogP contribution in [-0.2, 0) is 11.4 Å². The van der Waals surface area contributed by atoms with Crippen LogP contribution >= 0.6 is 11.6 Å². The molecule has 182 valence electrons. The van der Waals surface area contributed by atoms with Crippen LogP contribution in [0.3, 0.4) is 0 Å². The summed E-state index contributed by atoms with van der Waals surface area (Å²) in [6, 6.07) is 15.9. The molecule has 1 amide bonds. The molecule has 11 nitrogen and oxygen atoms in total. The fourth-order valence-electron chi connectivity index (χ4n) is 3.04. The Bertz CT molecular complexity index is 1400. The number of carbonyl (C=O) groups excluding carboxylic acids is 1. The number of carbonyl (C=O) groups is 1. The first-order valence-corrected chi connectivity index (χ1v) is 10.5. The maximum atomic E-state index is 12.6. The maximum Gasteiger partial charge on any atom is 0.271 e. The lowest BCUT2D eigenvalue weighted by Gasteiger charge is -2.13. The highest BCUT2D eigenvalue weighted by atomic mass is 35.5. The van der Waals surface area contributed by atoms with E-state index < -0.39 is 15.8 Å². The molecule has 0 aliphatic heterocycles. The number of methoxy groups -OCH3 is 1. The van der Waals surface area contributed by atoms with Gasteiger partial charge in [0.15, 0.2) is 11.5 Å². The van der Waals surface area contributed by atoms with Gasteiger partial charge in [-0.25, -0.2) is 0 Å². The van der Waals surface area contributed by atoms with E-state index in [-0.39, 0.29) is 45.8 Å². The van der Waals surface area contributed by atoms with E-state index in [9.17, 15) is 30.3 Å². The summed E-state index contributed by atoms with van der Waals surface area (Å²) < 4.78 is 11.1. The first-order valence-electron chi connectivity index (χ1n) is 10.1. The molecule has 36 heavy (non-hydrogen) atoms. The van der Waals surface area contributed by atoms with Gasteiger partial charge in [0.25, 0.3) is 17.3 Å². The molecule has 3 aromatic rings. The SMILES string of the molecule is COc1cc(/C=C(\C#N)C(=O)Nc2cccc([N+](=O)[O-])c2)cc(Cl)c1OCc1ccc([N+](=O)[O-])cc1. The number of hydrogen-bond acceptors (Lipinski definition) is 8. The molecular formula is C24H17ClN4O7. The minimum Gasteiger partial charge on any atom is -0.493 e. The Morgan fingerprint density at radius 1 is 1.08 bits per heavy atom. The van der Waals surface area contributed by atoms with Crippen LogP contribution in [0.4, 0.5) is 17.1 Å². The van der Waals surface area contributed by atoms with E-state index in [1.807, 2.05) is 0 Å². The minimum absolute atomic E-state index is 0.0478. The maximum absolute atomic E-state index is 12.6. The third kappa shape index (κ3) is 6.34. The molecule has 0 aliphatic carbocycles. The van der Waals surface area contributed by atoms with Crippen molar-refractivity contribution in [2.24, 2.45) is 0 Å². The van der Waals surface area contributed by atoms with Gasteiger partial charge in [-0.2, -0.15) is 5.26 Å². The zero-order chi connectivity index (χ0) is 26.2. The summed E-state index contributed by atoms with van der Waals surface area (Å²) in [6.07, 6.45) is 1.28. The summed E-state index contributed by atoms with van der Waals surface area (Å²) in [4.78, 5) is 33.2. The average Bonchev–Trinajstić information content (AvgIpc) is 2.86. The van der Waals surface area contributed by atoms with Gasteiger partial charge in [-0.1, -0.05) is 17.7 Å². The van der Waals surface area contributed by atoms with E-state index in [4.69, 9.17) is 21.1 Å². The van der Waals surface area contributed by atoms with Crippen molar-refractivity contribution in [1.82, 2.24) is 0 Å². The van der Waals surface area contributed by atoms with Crippen LogP contribution < -0.4 is 14.8 Å². The Hall–Kier alpha value is -4.95. The van der Waals surface area contributed by atoms with Gasteiger partial charge in [0, 0.05) is 30.0 Å². The highest BCUT2D eigenvalue weighted by Gasteiger charge is 2.16. The summed E-state index contributed by atoms with van der Waals surface area (Å²) in [5, 5.41) is 33.8. The molecule has 0 bridgehead atoms. The number of nitro groups is 2. The molecule has 3 rings (SSSR count). The second kappa shape index (κ2) is 11.5. The zero-order valence-electron chi connectivity index (χ0n) is 18.6. The van der Waals surface area contributed by atoms with E-state index in [1.165, 1.54) is 61.7 Å². The van der Waals surface area contributed by atoms with Crippen molar-refractivity contribution in [3.8, 4) is 17.6 Å². The Labute approximate surface area is 209 Å². The van der Waals surface area contributed by atoms with Gasteiger partial charge >= 0.3 is 0 Å². The molecule has 0 radical (unpaired) electrons. The van der Waals surface area contributed by atoms with Gasteiger partial charge in [-0.3, -0.25) is 25.0 Å². The number of nitro benzene ring substituents is 2. The molecule has 0 unspecified atom stereocenters. The summed E-state index contributed by atoms with van der Waals surface area (Å²) in [6.45, 7) is 0.0539. The van der Waals surface area contributed by atoms with Gasteiger partial charge in [0.1, 0.15) is 18.2 Å². The molecule has 0 saturated carbocycles. The lowest BCUT2D eigenvalue weighted by molar-refractivity contribution is -0.385. The van der Waals surface area contributed by atoms with Crippen molar-refractivity contribution in [3.63, 3.8) is 0 Å². The summed E-state index contributed by atoms with van der Waals surface area (Å²) in [5.74, 6) is -0.340. The number of rotatable bonds is 9. The number of amides is 1. The Kier molecular flexibility index (Phi) is 8.17. The number of benzene rings is 3. The van der Waals surface area contributed by atoms with Crippen molar-refractivity contribution in [3.05, 3.63) is 103 Å². The van der Waals surface area contributed by atoms with Crippen molar-refractivity contribution in [1.29, 1.82) is 5.26 Å². The number of anilines is 1. The van der Waals surface area contributed by atoms with Gasteiger partial charge in [-0.15, -0.1) is 0 Å². The zero-order valence-corrected chi connectivity index (χ0v) is 19.4. The number of hydrogen-bond donors (Lipinski definition) is 1. The first kappa shape index (κ1) is 25.7. The van der Waals surface area contributed by atoms with Gasteiger partial charge < -0.3 is 14.8 Å². The quantitative estimate of drug-likeness (QED) is 0.177. The molecule has 3 aromatic carbocycles. The molecule has 0 heterocycles. The van der Waals surface area contributed by atoms with Gasteiger partial charge in [0.2, 0.25) is 0 Å². The smallest absolute Gasteiger partial charge is 0.271 e. The van der Waals surface area contributed by atoms with Crippen LogP contribution in [0.15, 0.2) is 66.2 Å². The molecule has 0 spiro atoms. The standard InChI is InChI=1S/C24H17ClN4O7/c1-35-22-11-16(9-17(13-26)24(30)27-18-3-2-4-20(12-18)29(33)34)10-21(25)23(22)36-14-15-5-7-19(8-6-15)28(31)32/h2-12H,14H2,1H3,(H,27,30)/b17-9+. The van der Waals surface area contributed by atoms with Crippen molar-refractivity contribution < 1.29 is 24.1 Å². The predicted molar refractivity (Wildman–Crippen MR) is 131 cm³/mol. The second-order valence-corrected chi connectivity index (χ2v) is 7.58. The molecular weight excluding hydrogens is 492 g/mol. The normalized spacial score (nSPS) is 10.8. The fraction of sp³-hybridized carbons (Fsp3) is 0.0833. The number of nitriles is 1. The topological polar surface area (TPSA) is 158 Å². The Morgan fingerprint density at radius 2 is 1.78 bits per heavy atom. The third-order valence-corrected chi connectivity index (χ3v) is 5.05. The molecule has 1 N–H and O–H groups in total. The number of nitrogens with one attached hydrogen (secondary N) is 1. The first-order chi connectivity index (χ1) is 17.2. The molecule has 12 heteroatoms. The fourth-order valence-corrected chi connectivity index (χ4v) is 3.32. The van der Waals surface area contributed by atoms with E-state index in [2.05, 4.69) is 5.32 Å². The van der Waals surface area contributed by atoms with Crippen molar-refractivity contribution in [2.45, 2.75) is 6.61 Å². The van der Waals surface area contributed by atoms with Gasteiger partial charge in [-0.05, 0) is 47.5 Å². The second-order valence-electron chi connectivity index (χ2n) is 7.18. The van der Waals surface area contributed by atoms with Crippen LogP contribution in [0, 0.1) is 31.6 Å². The molecule has 0 fully saturated rings. The summed E-state index contributed by atoms with van der Waals surface area (Å²) in [5.41, 5.74) is 0.641. The van der Waals surface area contributed by atoms with E-state index >= 15 is 0 Å². The van der Waals surface area contributed by atoms with E-state index in [0.29, 0.717) is 11.1 Å². The van der Waals surface area contributed by atoms with Crippen LogP contribution in [0.25, 0.3) is 6.08 Å². The lowest BCUT2D eigenvalue weighted by Crippen LogP contribution is -2.13. The van der Waals surface area contributed by atoms with Crippen LogP contribution in [0.1, 0.15) is 11.1 Å². The van der Waals surface area contributed by atoms with Crippen LogP contribution in [0.5, 0.6) is 11.5 Å². The number of non-ortho nitro benzene ring substituents is 2. The highest BCUT2D eigenvalue weighted by molar-refractivity contribution is 6.32. The largest absolute Gasteiger partial charge is 0.493 e. The number of ether oxygens (including phenoxy) is 2. The highest BCUT2D eigenvalue weighted by Crippen LogP contribution is 2.37. The van der Waals surface area contributed by atoms with E-state index in [1.54, 1.807) is 18.2 Å². The summed E-state index contributed by atoms with van der Waals surface area (Å²) in [7, 11) is 1.39. The van der Waals surface area contributed by atoms with Crippen molar-refractivity contribution in [2.75, 3.05) is 12.4 Å². The third-order valence-electron chi connectivity index (χ3n) is 4.77. The molecule has 0 saturated heterocycles. The average molecular weight is 509 g/mol. The van der Waals surface area contributed by atoms with Gasteiger partial charge in [0.05, 0.1) is 22.0 Å². The summed E-state index contributed by atoms with van der Waals surface area (Å²) >= 11 is 6.36. The van der Waals surface area contributed by atoms with Crippen LogP contribution in [0.2, 0.25) is 5.02 Å². The van der Waals surface area contributed by atoms with Crippen LogP contribution in [-0.4, -0.2) is 22.9 Å². The van der Waals surface area contributed by atoms with E-state index in [0.717, 1.165) is 0 Å². The number of halogens is 1. The molecule has 0 aliphatic rings. The molecule has 0 aromatic heterocycles. The Morgan fingerprint density at radius 3 is 2.39 bits per heavy atom. The minimum atomic E-state index is -0.772. The molecule has 0 atom stereocenters. The van der Waals surface area contributed by atoms with Crippen molar-refractivity contribution >= 4 is 40.6 Å². The lowest BCUT2D eigenvalue weighted by atomic mass is 10.1. The predicted octanol–water partition coefficient (Wildman–Crippen LogP) is 5.29. The number of nitrogens with zero attached hydrogens (tertiary/aromatic N) is 3. The monoisotopic (exact) mass is 508 g/mol. The Balaban J connectivity index is 1.79.